The zero-order chi connectivity index (χ0) is 14.0. The van der Waals surface area contributed by atoms with Gasteiger partial charge in [-0.3, -0.25) is 4.90 Å². The third-order valence-electron chi connectivity index (χ3n) is 3.96. The first-order valence-corrected chi connectivity index (χ1v) is 8.97. The van der Waals surface area contributed by atoms with Crippen LogP contribution in [-0.4, -0.2) is 27.8 Å². The van der Waals surface area contributed by atoms with E-state index < -0.39 is 0 Å². The van der Waals surface area contributed by atoms with Crippen molar-refractivity contribution in [2.24, 2.45) is 5.92 Å². The maximum Gasteiger partial charge on any atom is 0.107 e. The zero-order valence-electron chi connectivity index (χ0n) is 12.4. The van der Waals surface area contributed by atoms with E-state index in [4.69, 9.17) is 4.98 Å². The van der Waals surface area contributed by atoms with E-state index in [2.05, 4.69) is 53.9 Å². The Bertz CT molecular complexity index is 401. The number of alkyl halides is 1. The molecule has 2 heterocycles. The first kappa shape index (κ1) is 15.5. The van der Waals surface area contributed by atoms with Crippen molar-refractivity contribution in [3.05, 3.63) is 16.1 Å². The predicted octanol–water partition coefficient (Wildman–Crippen LogP) is 4.44. The number of halogens is 1. The minimum Gasteiger partial charge on any atom is -0.297 e. The van der Waals surface area contributed by atoms with Gasteiger partial charge in [0.15, 0.2) is 0 Å². The summed E-state index contributed by atoms with van der Waals surface area (Å²) < 4.78 is 0. The molecule has 1 aromatic rings. The smallest absolute Gasteiger partial charge is 0.107 e. The maximum atomic E-state index is 4.80. The van der Waals surface area contributed by atoms with Gasteiger partial charge in [0.2, 0.25) is 0 Å². The Kier molecular flexibility index (Phi) is 5.07. The van der Waals surface area contributed by atoms with Crippen molar-refractivity contribution in [1.29, 1.82) is 0 Å². The van der Waals surface area contributed by atoms with E-state index in [1.807, 2.05) is 11.3 Å². The zero-order valence-corrected chi connectivity index (χ0v) is 14.9. The van der Waals surface area contributed by atoms with Crippen molar-refractivity contribution in [2.75, 3.05) is 13.1 Å². The van der Waals surface area contributed by atoms with Gasteiger partial charge in [0.1, 0.15) is 5.01 Å². The molecular formula is C15H25BrN2S. The van der Waals surface area contributed by atoms with Gasteiger partial charge in [-0.15, -0.1) is 11.3 Å². The Labute approximate surface area is 129 Å². The summed E-state index contributed by atoms with van der Waals surface area (Å²) in [7, 11) is 0. The summed E-state index contributed by atoms with van der Waals surface area (Å²) in [5.41, 5.74) is 1.41. The van der Waals surface area contributed by atoms with Crippen molar-refractivity contribution in [3.63, 3.8) is 0 Å². The number of rotatable bonds is 3. The van der Waals surface area contributed by atoms with Crippen molar-refractivity contribution in [3.8, 4) is 0 Å². The van der Waals surface area contributed by atoms with Crippen LogP contribution < -0.4 is 0 Å². The highest BCUT2D eigenvalue weighted by Gasteiger charge is 2.23. The van der Waals surface area contributed by atoms with Gasteiger partial charge < -0.3 is 0 Å². The third kappa shape index (κ3) is 4.27. The first-order chi connectivity index (χ1) is 8.86. The molecule has 0 amide bonds. The van der Waals surface area contributed by atoms with E-state index in [1.54, 1.807) is 0 Å². The third-order valence-corrected chi connectivity index (χ3v) is 5.54. The molecule has 2 nitrogen and oxygen atoms in total. The number of hydrogen-bond acceptors (Lipinski definition) is 3. The van der Waals surface area contributed by atoms with Crippen molar-refractivity contribution in [2.45, 2.75) is 57.3 Å². The molecule has 108 valence electrons. The molecule has 2 rings (SSSR count). The normalized spacial score (nSPS) is 20.7. The molecule has 0 saturated carbocycles. The molecule has 0 aliphatic carbocycles. The van der Waals surface area contributed by atoms with Crippen molar-refractivity contribution < 1.29 is 0 Å². The second-order valence-electron chi connectivity index (χ2n) is 6.67. The highest BCUT2D eigenvalue weighted by atomic mass is 79.9. The Balaban J connectivity index is 1.87. The average molecular weight is 345 g/mol. The lowest BCUT2D eigenvalue weighted by Crippen LogP contribution is -2.35. The SMILES string of the molecule is CC(Br)C1CCN(Cc2nc(C(C)(C)C)cs2)CC1. The van der Waals surface area contributed by atoms with E-state index in [-0.39, 0.29) is 5.41 Å². The molecule has 1 atom stereocenters. The quantitative estimate of drug-likeness (QED) is 0.753. The molecular weight excluding hydrogens is 320 g/mol. The number of piperidine rings is 1. The van der Waals surface area contributed by atoms with E-state index in [1.165, 1.54) is 36.6 Å². The molecule has 19 heavy (non-hydrogen) atoms. The predicted molar refractivity (Wildman–Crippen MR) is 87.2 cm³/mol. The highest BCUT2D eigenvalue weighted by molar-refractivity contribution is 9.09. The number of aromatic nitrogens is 1. The molecule has 0 spiro atoms. The van der Waals surface area contributed by atoms with Crippen molar-refractivity contribution >= 4 is 27.3 Å². The molecule has 4 heteroatoms. The van der Waals surface area contributed by atoms with Gasteiger partial charge in [-0.05, 0) is 31.8 Å². The summed E-state index contributed by atoms with van der Waals surface area (Å²) in [5, 5.41) is 3.50. The Morgan fingerprint density at radius 1 is 1.42 bits per heavy atom. The van der Waals surface area contributed by atoms with E-state index >= 15 is 0 Å². The molecule has 1 unspecified atom stereocenters. The van der Waals surface area contributed by atoms with Gasteiger partial charge in [0.05, 0.1) is 12.2 Å². The van der Waals surface area contributed by atoms with E-state index in [0.29, 0.717) is 4.83 Å². The molecule has 1 aliphatic heterocycles. The Hall–Kier alpha value is 0.0700. The molecule has 1 saturated heterocycles. The van der Waals surface area contributed by atoms with Gasteiger partial charge in [0, 0.05) is 15.6 Å². The van der Waals surface area contributed by atoms with Gasteiger partial charge in [-0.2, -0.15) is 0 Å². The second-order valence-corrected chi connectivity index (χ2v) is 9.05. The maximum absolute atomic E-state index is 4.80. The number of thiazole rings is 1. The van der Waals surface area contributed by atoms with Gasteiger partial charge >= 0.3 is 0 Å². The van der Waals surface area contributed by atoms with E-state index in [0.717, 1.165) is 12.5 Å². The summed E-state index contributed by atoms with van der Waals surface area (Å²) in [6.45, 7) is 12.4. The average Bonchev–Trinajstić information content (AvgIpc) is 2.78. The number of likely N-dealkylation sites (tertiary alicyclic amines) is 1. The molecule has 0 aromatic carbocycles. The van der Waals surface area contributed by atoms with Crippen LogP contribution in [0.3, 0.4) is 0 Å². The first-order valence-electron chi connectivity index (χ1n) is 7.17. The summed E-state index contributed by atoms with van der Waals surface area (Å²) in [6, 6.07) is 0. The molecule has 1 fully saturated rings. The van der Waals surface area contributed by atoms with Crippen LogP contribution in [0.1, 0.15) is 51.2 Å². The van der Waals surface area contributed by atoms with Crippen LogP contribution in [0.2, 0.25) is 0 Å². The number of nitrogens with zero attached hydrogens (tertiary/aromatic N) is 2. The van der Waals surface area contributed by atoms with Crippen LogP contribution in [0.5, 0.6) is 0 Å². The summed E-state index contributed by atoms with van der Waals surface area (Å²) in [5.74, 6) is 0.845. The summed E-state index contributed by atoms with van der Waals surface area (Å²) in [4.78, 5) is 8.00. The summed E-state index contributed by atoms with van der Waals surface area (Å²) >= 11 is 5.53. The monoisotopic (exact) mass is 344 g/mol. The lowest BCUT2D eigenvalue weighted by molar-refractivity contribution is 0.178. The summed E-state index contributed by atoms with van der Waals surface area (Å²) in [6.07, 6.45) is 2.62. The van der Waals surface area contributed by atoms with Crippen LogP contribution in [0.15, 0.2) is 5.38 Å². The molecule has 0 radical (unpaired) electrons. The van der Waals surface area contributed by atoms with Crippen LogP contribution >= 0.6 is 27.3 Å². The Morgan fingerprint density at radius 3 is 2.53 bits per heavy atom. The lowest BCUT2D eigenvalue weighted by atomic mass is 9.93. The standard InChI is InChI=1S/C15H25BrN2S/c1-11(16)12-5-7-18(8-6-12)9-14-17-13(10-19-14)15(2,3)4/h10-12H,5-9H2,1-4H3. The van der Waals surface area contributed by atoms with Crippen molar-refractivity contribution in [1.82, 2.24) is 9.88 Å². The number of hydrogen-bond donors (Lipinski definition) is 0. The fourth-order valence-corrected chi connectivity index (χ4v) is 4.08. The fraction of sp³-hybridized carbons (Fsp3) is 0.800. The van der Waals surface area contributed by atoms with Gasteiger partial charge in [-0.25, -0.2) is 4.98 Å². The second kappa shape index (κ2) is 6.23. The molecule has 1 aromatic heterocycles. The van der Waals surface area contributed by atoms with Gasteiger partial charge in [-0.1, -0.05) is 43.6 Å². The van der Waals surface area contributed by atoms with Crippen LogP contribution in [0.25, 0.3) is 0 Å². The van der Waals surface area contributed by atoms with E-state index in [9.17, 15) is 0 Å². The topological polar surface area (TPSA) is 16.1 Å². The van der Waals surface area contributed by atoms with Crippen LogP contribution in [-0.2, 0) is 12.0 Å². The minimum atomic E-state index is 0.174. The highest BCUT2D eigenvalue weighted by Crippen LogP contribution is 2.28. The Morgan fingerprint density at radius 2 is 2.05 bits per heavy atom. The largest absolute Gasteiger partial charge is 0.297 e. The molecule has 0 bridgehead atoms. The van der Waals surface area contributed by atoms with Crippen LogP contribution in [0, 0.1) is 5.92 Å². The van der Waals surface area contributed by atoms with Crippen LogP contribution in [0.4, 0.5) is 0 Å². The van der Waals surface area contributed by atoms with Gasteiger partial charge in [0.25, 0.3) is 0 Å². The molecule has 0 N–H and O–H groups in total. The fourth-order valence-electron chi connectivity index (χ4n) is 2.49. The minimum absolute atomic E-state index is 0.174. The molecule has 1 aliphatic rings. The lowest BCUT2D eigenvalue weighted by Gasteiger charge is -2.32.